The molecule has 20 heavy (non-hydrogen) atoms. The highest BCUT2D eigenvalue weighted by Crippen LogP contribution is 2.39. The van der Waals surface area contributed by atoms with Crippen molar-refractivity contribution in [3.05, 3.63) is 0 Å². The molecule has 0 unspecified atom stereocenters. The third-order valence-corrected chi connectivity index (χ3v) is 6.04. The second-order valence-corrected chi connectivity index (χ2v) is 7.92. The quantitative estimate of drug-likeness (QED) is 0.740. The van der Waals surface area contributed by atoms with E-state index in [1.165, 1.54) is 90.1 Å². The van der Waals surface area contributed by atoms with Crippen LogP contribution in [0.5, 0.6) is 0 Å². The van der Waals surface area contributed by atoms with E-state index in [2.05, 4.69) is 17.3 Å². The van der Waals surface area contributed by atoms with Gasteiger partial charge in [-0.15, -0.1) is 0 Å². The van der Waals surface area contributed by atoms with Crippen LogP contribution in [0.15, 0.2) is 0 Å². The number of nitrogens with one attached hydrogen (secondary N) is 1. The van der Waals surface area contributed by atoms with Crippen LogP contribution >= 0.6 is 0 Å². The Kier molecular flexibility index (Phi) is 5.04. The van der Waals surface area contributed by atoms with Crippen LogP contribution in [0.2, 0.25) is 0 Å². The molecule has 0 heterocycles. The van der Waals surface area contributed by atoms with Crippen LogP contribution < -0.4 is 5.32 Å². The third-order valence-electron chi connectivity index (χ3n) is 6.04. The summed E-state index contributed by atoms with van der Waals surface area (Å²) in [5, 5.41) is 3.83. The van der Waals surface area contributed by atoms with Crippen LogP contribution in [0.4, 0.5) is 0 Å². The number of hydrogen-bond acceptors (Lipinski definition) is 2. The van der Waals surface area contributed by atoms with E-state index >= 15 is 0 Å². The van der Waals surface area contributed by atoms with Crippen molar-refractivity contribution in [3.63, 3.8) is 0 Å². The zero-order valence-electron chi connectivity index (χ0n) is 13.5. The minimum Gasteiger partial charge on any atom is -0.313 e. The van der Waals surface area contributed by atoms with E-state index in [1.807, 2.05) is 0 Å². The minimum atomic E-state index is 0.601. The molecule has 0 aliphatic heterocycles. The Morgan fingerprint density at radius 3 is 2.15 bits per heavy atom. The first-order chi connectivity index (χ1) is 9.77. The number of rotatable bonds is 6. The van der Waals surface area contributed by atoms with Gasteiger partial charge in [-0.2, -0.15) is 0 Å². The molecule has 0 aromatic heterocycles. The lowest BCUT2D eigenvalue weighted by atomic mass is 9.84. The maximum absolute atomic E-state index is 3.83. The molecule has 0 bridgehead atoms. The van der Waals surface area contributed by atoms with E-state index in [9.17, 15) is 0 Å². The standard InChI is InChI=1S/C18H34N2/c1-20(17-8-4-2-3-5-9-17)15-18(12-6-7-13-18)14-19-16-10-11-16/h16-17,19H,2-15H2,1H3. The molecule has 3 aliphatic carbocycles. The monoisotopic (exact) mass is 278 g/mol. The van der Waals surface area contributed by atoms with Crippen molar-refractivity contribution in [3.8, 4) is 0 Å². The molecular formula is C18H34N2. The van der Waals surface area contributed by atoms with Gasteiger partial charge in [-0.3, -0.25) is 0 Å². The Balaban J connectivity index is 1.53. The van der Waals surface area contributed by atoms with E-state index in [0.717, 1.165) is 12.1 Å². The number of nitrogens with zero attached hydrogens (tertiary/aromatic N) is 1. The average molecular weight is 278 g/mol. The summed E-state index contributed by atoms with van der Waals surface area (Å²) in [6, 6.07) is 1.74. The van der Waals surface area contributed by atoms with Gasteiger partial charge in [0.25, 0.3) is 0 Å². The first-order valence-electron chi connectivity index (χ1n) is 9.21. The van der Waals surface area contributed by atoms with Gasteiger partial charge >= 0.3 is 0 Å². The maximum atomic E-state index is 3.83. The summed E-state index contributed by atoms with van der Waals surface area (Å²) >= 11 is 0. The molecule has 0 saturated heterocycles. The first-order valence-corrected chi connectivity index (χ1v) is 9.21. The van der Waals surface area contributed by atoms with Gasteiger partial charge in [-0.1, -0.05) is 38.5 Å². The molecule has 2 nitrogen and oxygen atoms in total. The van der Waals surface area contributed by atoms with Crippen molar-refractivity contribution < 1.29 is 0 Å². The van der Waals surface area contributed by atoms with Crippen LogP contribution in [0.3, 0.4) is 0 Å². The fraction of sp³-hybridized carbons (Fsp3) is 1.00. The lowest BCUT2D eigenvalue weighted by Gasteiger charge is -2.37. The van der Waals surface area contributed by atoms with E-state index in [0.29, 0.717) is 5.41 Å². The molecule has 3 fully saturated rings. The highest BCUT2D eigenvalue weighted by molar-refractivity contribution is 4.93. The van der Waals surface area contributed by atoms with E-state index < -0.39 is 0 Å². The Hall–Kier alpha value is -0.0800. The average Bonchev–Trinajstić information content (AvgIpc) is 3.22. The van der Waals surface area contributed by atoms with Crippen molar-refractivity contribution in [1.82, 2.24) is 10.2 Å². The summed E-state index contributed by atoms with van der Waals surface area (Å²) in [5.41, 5.74) is 0.601. The normalized spacial score (nSPS) is 27.9. The summed E-state index contributed by atoms with van der Waals surface area (Å²) in [6.45, 7) is 2.63. The Morgan fingerprint density at radius 1 is 0.900 bits per heavy atom. The second-order valence-electron chi connectivity index (χ2n) is 7.92. The summed E-state index contributed by atoms with van der Waals surface area (Å²) in [7, 11) is 2.41. The van der Waals surface area contributed by atoms with Gasteiger partial charge in [0.1, 0.15) is 0 Å². The molecule has 0 aromatic carbocycles. The number of hydrogen-bond donors (Lipinski definition) is 1. The highest BCUT2D eigenvalue weighted by atomic mass is 15.1. The van der Waals surface area contributed by atoms with Gasteiger partial charge < -0.3 is 10.2 Å². The van der Waals surface area contributed by atoms with Crippen molar-refractivity contribution in [2.24, 2.45) is 5.41 Å². The van der Waals surface area contributed by atoms with Gasteiger partial charge in [0, 0.05) is 25.2 Å². The predicted octanol–water partition coefficient (Wildman–Crippen LogP) is 3.95. The van der Waals surface area contributed by atoms with Gasteiger partial charge in [0.05, 0.1) is 0 Å². The lowest BCUT2D eigenvalue weighted by Crippen LogP contribution is -2.45. The van der Waals surface area contributed by atoms with Gasteiger partial charge in [-0.25, -0.2) is 0 Å². The molecule has 0 spiro atoms. The van der Waals surface area contributed by atoms with Gasteiger partial charge in [0.15, 0.2) is 0 Å². The van der Waals surface area contributed by atoms with Crippen LogP contribution in [0.1, 0.15) is 77.0 Å². The smallest absolute Gasteiger partial charge is 0.00924 e. The van der Waals surface area contributed by atoms with E-state index in [-0.39, 0.29) is 0 Å². The van der Waals surface area contributed by atoms with Crippen molar-refractivity contribution >= 4 is 0 Å². The predicted molar refractivity (Wildman–Crippen MR) is 86.0 cm³/mol. The zero-order valence-corrected chi connectivity index (χ0v) is 13.5. The van der Waals surface area contributed by atoms with Crippen molar-refractivity contribution in [2.45, 2.75) is 89.1 Å². The summed E-state index contributed by atoms with van der Waals surface area (Å²) < 4.78 is 0. The third kappa shape index (κ3) is 3.98. The summed E-state index contributed by atoms with van der Waals surface area (Å²) in [5.74, 6) is 0. The first kappa shape index (κ1) is 14.8. The molecule has 3 saturated carbocycles. The fourth-order valence-corrected chi connectivity index (χ4v) is 4.52. The van der Waals surface area contributed by atoms with Crippen LogP contribution in [-0.4, -0.2) is 37.1 Å². The Labute approximate surface area is 125 Å². The van der Waals surface area contributed by atoms with Crippen molar-refractivity contribution in [2.75, 3.05) is 20.1 Å². The van der Waals surface area contributed by atoms with E-state index in [4.69, 9.17) is 0 Å². The van der Waals surface area contributed by atoms with Crippen LogP contribution in [0, 0.1) is 5.41 Å². The molecule has 0 amide bonds. The molecule has 3 aliphatic rings. The van der Waals surface area contributed by atoms with Gasteiger partial charge in [-0.05, 0) is 51.0 Å². The highest BCUT2D eigenvalue weighted by Gasteiger charge is 2.37. The Bertz CT molecular complexity index is 284. The molecule has 1 N–H and O–H groups in total. The molecule has 2 heteroatoms. The molecule has 116 valence electrons. The topological polar surface area (TPSA) is 15.3 Å². The summed E-state index contributed by atoms with van der Waals surface area (Å²) in [6.07, 6.45) is 17.5. The van der Waals surface area contributed by atoms with Crippen LogP contribution in [0.25, 0.3) is 0 Å². The largest absolute Gasteiger partial charge is 0.313 e. The lowest BCUT2D eigenvalue weighted by molar-refractivity contribution is 0.125. The molecule has 0 radical (unpaired) electrons. The summed E-state index contributed by atoms with van der Waals surface area (Å²) in [4.78, 5) is 2.74. The fourth-order valence-electron chi connectivity index (χ4n) is 4.52. The van der Waals surface area contributed by atoms with Crippen molar-refractivity contribution in [1.29, 1.82) is 0 Å². The molecule has 3 rings (SSSR count). The molecular weight excluding hydrogens is 244 g/mol. The molecule has 0 aromatic rings. The molecule has 0 atom stereocenters. The maximum Gasteiger partial charge on any atom is 0.00924 e. The zero-order chi connectivity index (χ0) is 13.8. The SMILES string of the molecule is CN(CC1(CNC2CC2)CCCC1)C1CCCCCC1. The second kappa shape index (κ2) is 6.79. The minimum absolute atomic E-state index is 0.601. The van der Waals surface area contributed by atoms with E-state index in [1.54, 1.807) is 0 Å². The van der Waals surface area contributed by atoms with Crippen LogP contribution in [-0.2, 0) is 0 Å². The Morgan fingerprint density at radius 2 is 1.55 bits per heavy atom. The van der Waals surface area contributed by atoms with Gasteiger partial charge in [0.2, 0.25) is 0 Å².